The van der Waals surface area contributed by atoms with E-state index in [1.165, 1.54) is 6.42 Å². The van der Waals surface area contributed by atoms with Crippen LogP contribution in [0.3, 0.4) is 0 Å². The molecule has 2 heterocycles. The van der Waals surface area contributed by atoms with E-state index in [1.807, 2.05) is 13.0 Å². The largest absolute Gasteiger partial charge is 0.356 e. The van der Waals surface area contributed by atoms with Crippen LogP contribution >= 0.6 is 0 Å². The van der Waals surface area contributed by atoms with Gasteiger partial charge >= 0.3 is 0 Å². The molecule has 0 atom stereocenters. The second-order valence-electron chi connectivity index (χ2n) is 7.05. The Balaban J connectivity index is 1.53. The third kappa shape index (κ3) is 6.33. The summed E-state index contributed by atoms with van der Waals surface area (Å²) in [6.07, 6.45) is 3.50. The third-order valence-corrected chi connectivity index (χ3v) is 5.94. The van der Waals surface area contributed by atoms with Gasteiger partial charge in [-0.05, 0) is 44.4 Å². The maximum absolute atomic E-state index is 13.6. The van der Waals surface area contributed by atoms with Crippen molar-refractivity contribution in [2.24, 2.45) is 0 Å². The van der Waals surface area contributed by atoms with Crippen molar-refractivity contribution in [1.82, 2.24) is 14.7 Å². The summed E-state index contributed by atoms with van der Waals surface area (Å²) in [5.41, 5.74) is 0.615. The van der Waals surface area contributed by atoms with Crippen LogP contribution < -0.4 is 14.9 Å². The highest BCUT2D eigenvalue weighted by atomic mass is 32.2. The molecule has 7 nitrogen and oxygen atoms in total. The Bertz CT molecular complexity index is 950. The number of nitrogens with one attached hydrogen (secondary N) is 2. The average molecular weight is 426 g/mol. The van der Waals surface area contributed by atoms with Gasteiger partial charge in [-0.25, -0.2) is 26.9 Å². The van der Waals surface area contributed by atoms with E-state index in [0.717, 1.165) is 55.6 Å². The van der Waals surface area contributed by atoms with Crippen LogP contribution in [0, 0.1) is 18.6 Å². The van der Waals surface area contributed by atoms with E-state index in [4.69, 9.17) is 0 Å². The van der Waals surface area contributed by atoms with Crippen molar-refractivity contribution in [2.45, 2.75) is 31.9 Å². The number of nitrogens with zero attached hydrogens (tertiary/aromatic N) is 3. The van der Waals surface area contributed by atoms with Gasteiger partial charge in [-0.3, -0.25) is 0 Å². The monoisotopic (exact) mass is 425 g/mol. The van der Waals surface area contributed by atoms with Crippen LogP contribution in [0.5, 0.6) is 0 Å². The summed E-state index contributed by atoms with van der Waals surface area (Å²) >= 11 is 0. The van der Waals surface area contributed by atoms with Crippen LogP contribution in [0.15, 0.2) is 24.3 Å². The van der Waals surface area contributed by atoms with Crippen LogP contribution in [0.2, 0.25) is 0 Å². The molecule has 1 aliphatic rings. The highest BCUT2D eigenvalue weighted by Crippen LogP contribution is 2.19. The number of aryl methyl sites for hydroxylation is 1. The van der Waals surface area contributed by atoms with E-state index >= 15 is 0 Å². The van der Waals surface area contributed by atoms with E-state index in [9.17, 15) is 17.2 Å². The van der Waals surface area contributed by atoms with Crippen molar-refractivity contribution in [1.29, 1.82) is 0 Å². The molecular formula is C19H25F2N5O2S. The molecular weight excluding hydrogens is 400 g/mol. The van der Waals surface area contributed by atoms with Crippen molar-refractivity contribution in [3.05, 3.63) is 47.2 Å². The molecule has 10 heteroatoms. The van der Waals surface area contributed by atoms with Crippen LogP contribution in [-0.4, -0.2) is 44.6 Å². The number of piperidine rings is 1. The quantitative estimate of drug-likeness (QED) is 0.632. The molecule has 2 N–H and O–H groups in total. The minimum Gasteiger partial charge on any atom is -0.356 e. The number of halogens is 2. The van der Waals surface area contributed by atoms with Crippen molar-refractivity contribution in [3.63, 3.8) is 0 Å². The summed E-state index contributed by atoms with van der Waals surface area (Å²) in [6.45, 7) is 4.14. The third-order valence-electron chi connectivity index (χ3n) is 4.60. The molecule has 29 heavy (non-hydrogen) atoms. The molecule has 0 saturated carbocycles. The van der Waals surface area contributed by atoms with Gasteiger partial charge in [0.2, 0.25) is 16.0 Å². The van der Waals surface area contributed by atoms with E-state index in [2.05, 4.69) is 24.9 Å². The van der Waals surface area contributed by atoms with Gasteiger partial charge in [0.15, 0.2) is 0 Å². The van der Waals surface area contributed by atoms with Gasteiger partial charge in [0.1, 0.15) is 17.5 Å². The summed E-state index contributed by atoms with van der Waals surface area (Å²) in [5.74, 6) is -0.771. The summed E-state index contributed by atoms with van der Waals surface area (Å²) in [5, 5.41) is 3.01. The second-order valence-corrected chi connectivity index (χ2v) is 8.86. The van der Waals surface area contributed by atoms with Gasteiger partial charge in [-0.1, -0.05) is 0 Å². The molecule has 158 valence electrons. The van der Waals surface area contributed by atoms with Crippen LogP contribution in [0.25, 0.3) is 0 Å². The lowest BCUT2D eigenvalue weighted by molar-refractivity contribution is 0.570. The van der Waals surface area contributed by atoms with Crippen molar-refractivity contribution in [2.75, 3.05) is 36.4 Å². The van der Waals surface area contributed by atoms with E-state index in [1.54, 1.807) is 0 Å². The van der Waals surface area contributed by atoms with E-state index in [-0.39, 0.29) is 18.7 Å². The van der Waals surface area contributed by atoms with E-state index < -0.39 is 27.4 Å². The number of hydrogen-bond acceptors (Lipinski definition) is 6. The first-order chi connectivity index (χ1) is 13.8. The fraction of sp³-hybridized carbons (Fsp3) is 0.474. The minimum absolute atomic E-state index is 0.0651. The van der Waals surface area contributed by atoms with Crippen molar-refractivity contribution < 1.29 is 17.2 Å². The fourth-order valence-electron chi connectivity index (χ4n) is 3.21. The molecule has 0 spiro atoms. The van der Waals surface area contributed by atoms with Crippen LogP contribution in [-0.2, 0) is 15.8 Å². The molecule has 2 aromatic rings. The first-order valence-corrected chi connectivity index (χ1v) is 11.2. The first-order valence-electron chi connectivity index (χ1n) is 9.58. The van der Waals surface area contributed by atoms with Crippen molar-refractivity contribution >= 4 is 21.8 Å². The Labute approximate surface area is 169 Å². The van der Waals surface area contributed by atoms with Gasteiger partial charge in [0, 0.05) is 43.5 Å². The van der Waals surface area contributed by atoms with Gasteiger partial charge in [-0.15, -0.1) is 0 Å². The van der Waals surface area contributed by atoms with E-state index in [0.29, 0.717) is 5.95 Å². The predicted molar refractivity (Wildman–Crippen MR) is 108 cm³/mol. The van der Waals surface area contributed by atoms with Gasteiger partial charge in [0.05, 0.1) is 5.75 Å². The van der Waals surface area contributed by atoms with Crippen LogP contribution in [0.4, 0.5) is 20.5 Å². The first kappa shape index (κ1) is 21.4. The topological polar surface area (TPSA) is 87.2 Å². The number of benzene rings is 1. The average Bonchev–Trinajstić information content (AvgIpc) is 2.68. The maximum atomic E-state index is 13.6. The predicted octanol–water partition coefficient (Wildman–Crippen LogP) is 2.59. The number of rotatable bonds is 8. The Morgan fingerprint density at radius 1 is 1.07 bits per heavy atom. The lowest BCUT2D eigenvalue weighted by atomic mass is 10.1. The summed E-state index contributed by atoms with van der Waals surface area (Å²) in [6, 6.07) is 4.68. The number of anilines is 2. The fourth-order valence-corrected chi connectivity index (χ4v) is 4.35. The van der Waals surface area contributed by atoms with Crippen LogP contribution in [0.1, 0.15) is 30.5 Å². The molecule has 0 amide bonds. The van der Waals surface area contributed by atoms with Crippen molar-refractivity contribution in [3.8, 4) is 0 Å². The smallest absolute Gasteiger partial charge is 0.224 e. The Hall–Kier alpha value is -2.33. The van der Waals surface area contributed by atoms with Gasteiger partial charge in [0.25, 0.3) is 0 Å². The number of sulfonamides is 1. The number of aromatic nitrogens is 2. The highest BCUT2D eigenvalue weighted by Gasteiger charge is 2.16. The molecule has 0 unspecified atom stereocenters. The maximum Gasteiger partial charge on any atom is 0.224 e. The summed E-state index contributed by atoms with van der Waals surface area (Å²) in [7, 11) is -3.81. The van der Waals surface area contributed by atoms with Gasteiger partial charge < -0.3 is 10.2 Å². The molecule has 3 rings (SSSR count). The SMILES string of the molecule is Cc1cc(N2CCCCC2)nc(NCCNS(=O)(=O)Cc2cc(F)ccc2F)n1. The molecule has 0 radical (unpaired) electrons. The lowest BCUT2D eigenvalue weighted by Crippen LogP contribution is -2.31. The molecule has 0 aliphatic carbocycles. The zero-order valence-corrected chi connectivity index (χ0v) is 17.1. The molecule has 1 saturated heterocycles. The second kappa shape index (κ2) is 9.45. The van der Waals surface area contributed by atoms with Gasteiger partial charge in [-0.2, -0.15) is 4.98 Å². The minimum atomic E-state index is -3.81. The Morgan fingerprint density at radius 3 is 2.59 bits per heavy atom. The summed E-state index contributed by atoms with van der Waals surface area (Å²) < 4.78 is 53.5. The molecule has 1 aromatic heterocycles. The normalized spacial score (nSPS) is 14.8. The summed E-state index contributed by atoms with van der Waals surface area (Å²) in [4.78, 5) is 11.1. The molecule has 1 aromatic carbocycles. The Kier molecular flexibility index (Phi) is 6.96. The Morgan fingerprint density at radius 2 is 1.83 bits per heavy atom. The molecule has 1 fully saturated rings. The standard InChI is InChI=1S/C19H25F2N5O2S/c1-14-11-18(26-9-3-2-4-10-26)25-19(24-14)22-7-8-23-29(27,28)13-15-12-16(20)5-6-17(15)21/h5-6,11-12,23H,2-4,7-10,13H2,1H3,(H,22,24,25). The zero-order valence-electron chi connectivity index (χ0n) is 16.3. The lowest BCUT2D eigenvalue weighted by Gasteiger charge is -2.28. The highest BCUT2D eigenvalue weighted by molar-refractivity contribution is 7.88. The zero-order chi connectivity index (χ0) is 20.9. The molecule has 0 bridgehead atoms. The number of hydrogen-bond donors (Lipinski definition) is 2. The molecule has 1 aliphatic heterocycles.